The first-order chi connectivity index (χ1) is 11.6. The third kappa shape index (κ3) is 2.91. The second kappa shape index (κ2) is 6.68. The third-order valence-corrected chi connectivity index (χ3v) is 4.38. The smallest absolute Gasteiger partial charge is 0.167 e. The highest BCUT2D eigenvalue weighted by Gasteiger charge is 2.40. The van der Waals surface area contributed by atoms with Crippen molar-refractivity contribution in [2.75, 3.05) is 0 Å². The van der Waals surface area contributed by atoms with Gasteiger partial charge in [0, 0.05) is 17.6 Å². The molecule has 1 unspecified atom stereocenters. The van der Waals surface area contributed by atoms with Crippen LogP contribution in [0.1, 0.15) is 36.5 Å². The molecule has 0 saturated heterocycles. The molecule has 0 aliphatic heterocycles. The first kappa shape index (κ1) is 16.6. The van der Waals surface area contributed by atoms with E-state index in [1.807, 2.05) is 24.3 Å². The average molecular weight is 328 g/mol. The van der Waals surface area contributed by atoms with Gasteiger partial charge in [0.1, 0.15) is 0 Å². The lowest BCUT2D eigenvalue weighted by Gasteiger charge is -2.30. The van der Waals surface area contributed by atoms with Crippen molar-refractivity contribution in [1.29, 1.82) is 0 Å². The number of halogens is 3. The van der Waals surface area contributed by atoms with Gasteiger partial charge in [0.25, 0.3) is 0 Å². The minimum Gasteiger partial charge on any atom is -0.233 e. The molecule has 0 bridgehead atoms. The van der Waals surface area contributed by atoms with E-state index in [0.717, 1.165) is 24.5 Å². The number of alkyl halides is 1. The number of hydrogen-bond acceptors (Lipinski definition) is 0. The van der Waals surface area contributed by atoms with Crippen molar-refractivity contribution in [1.82, 2.24) is 0 Å². The molecule has 0 heterocycles. The van der Waals surface area contributed by atoms with Crippen molar-refractivity contribution in [2.45, 2.75) is 31.9 Å². The molecule has 0 radical (unpaired) electrons. The SMILES string of the molecule is CCCc1cccc(C2=CC=CCC2(F)c2cccc(F)c2F)c1. The van der Waals surface area contributed by atoms with E-state index in [4.69, 9.17) is 0 Å². The van der Waals surface area contributed by atoms with Crippen LogP contribution >= 0.6 is 0 Å². The molecule has 0 N–H and O–H groups in total. The number of aryl methyl sites for hydroxylation is 1. The minimum absolute atomic E-state index is 0.0167. The highest BCUT2D eigenvalue weighted by Crippen LogP contribution is 2.46. The largest absolute Gasteiger partial charge is 0.233 e. The van der Waals surface area contributed by atoms with E-state index >= 15 is 4.39 Å². The topological polar surface area (TPSA) is 0 Å². The maximum atomic E-state index is 15.9. The van der Waals surface area contributed by atoms with E-state index < -0.39 is 17.3 Å². The van der Waals surface area contributed by atoms with E-state index in [-0.39, 0.29) is 12.0 Å². The zero-order chi connectivity index (χ0) is 17.2. The van der Waals surface area contributed by atoms with E-state index in [1.165, 1.54) is 12.1 Å². The van der Waals surface area contributed by atoms with Crippen molar-refractivity contribution >= 4 is 5.57 Å². The first-order valence-electron chi connectivity index (χ1n) is 8.16. The summed E-state index contributed by atoms with van der Waals surface area (Å²) in [5.74, 6) is -2.15. The molecule has 1 atom stereocenters. The Morgan fingerprint density at radius 2 is 1.88 bits per heavy atom. The zero-order valence-electron chi connectivity index (χ0n) is 13.5. The van der Waals surface area contributed by atoms with Crippen molar-refractivity contribution in [3.05, 3.63) is 89.0 Å². The number of rotatable bonds is 4. The summed E-state index contributed by atoms with van der Waals surface area (Å²) in [5, 5.41) is 0. The molecule has 0 aromatic heterocycles. The van der Waals surface area contributed by atoms with Gasteiger partial charge in [-0.1, -0.05) is 68.0 Å². The predicted molar refractivity (Wildman–Crippen MR) is 91.3 cm³/mol. The van der Waals surface area contributed by atoms with Gasteiger partial charge >= 0.3 is 0 Å². The van der Waals surface area contributed by atoms with Gasteiger partial charge in [0.05, 0.1) is 0 Å². The van der Waals surface area contributed by atoms with E-state index in [9.17, 15) is 8.78 Å². The first-order valence-corrected chi connectivity index (χ1v) is 8.16. The van der Waals surface area contributed by atoms with Gasteiger partial charge in [0.2, 0.25) is 0 Å². The molecule has 0 spiro atoms. The summed E-state index contributed by atoms with van der Waals surface area (Å²) in [6.07, 6.45) is 6.92. The summed E-state index contributed by atoms with van der Waals surface area (Å²) in [7, 11) is 0. The maximum absolute atomic E-state index is 15.9. The fraction of sp³-hybridized carbons (Fsp3) is 0.238. The number of hydrogen-bond donors (Lipinski definition) is 0. The zero-order valence-corrected chi connectivity index (χ0v) is 13.5. The predicted octanol–water partition coefficient (Wildman–Crippen LogP) is 6.13. The third-order valence-electron chi connectivity index (χ3n) is 4.38. The van der Waals surface area contributed by atoms with Gasteiger partial charge in [0.15, 0.2) is 17.3 Å². The van der Waals surface area contributed by atoms with Crippen LogP contribution in [0.3, 0.4) is 0 Å². The number of benzene rings is 2. The Labute approximate surface area is 140 Å². The fourth-order valence-electron chi connectivity index (χ4n) is 3.21. The Kier molecular flexibility index (Phi) is 4.61. The van der Waals surface area contributed by atoms with Gasteiger partial charge in [-0.2, -0.15) is 0 Å². The summed E-state index contributed by atoms with van der Waals surface area (Å²) < 4.78 is 43.8. The molecular formula is C21H19F3. The van der Waals surface area contributed by atoms with E-state index in [1.54, 1.807) is 18.2 Å². The summed E-state index contributed by atoms with van der Waals surface area (Å²) in [4.78, 5) is 0. The van der Waals surface area contributed by atoms with Crippen LogP contribution in [0, 0.1) is 11.6 Å². The van der Waals surface area contributed by atoms with Gasteiger partial charge in [-0.05, 0) is 23.6 Å². The molecule has 2 aromatic rings. The summed E-state index contributed by atoms with van der Waals surface area (Å²) >= 11 is 0. The van der Waals surface area contributed by atoms with Crippen molar-refractivity contribution in [3.63, 3.8) is 0 Å². The normalized spacial score (nSPS) is 20.1. The van der Waals surface area contributed by atoms with Crippen LogP contribution in [0.5, 0.6) is 0 Å². The van der Waals surface area contributed by atoms with Crippen LogP contribution in [0.4, 0.5) is 13.2 Å². The molecule has 0 amide bonds. The van der Waals surface area contributed by atoms with Crippen molar-refractivity contribution in [3.8, 4) is 0 Å². The quantitative estimate of drug-likeness (QED) is 0.634. The molecule has 1 aliphatic carbocycles. The second-order valence-electron chi connectivity index (χ2n) is 6.07. The van der Waals surface area contributed by atoms with Crippen molar-refractivity contribution < 1.29 is 13.2 Å². The molecule has 3 rings (SSSR count). The van der Waals surface area contributed by atoms with Gasteiger partial charge in [-0.15, -0.1) is 0 Å². The fourth-order valence-corrected chi connectivity index (χ4v) is 3.21. The molecule has 2 aromatic carbocycles. The molecule has 0 saturated carbocycles. The maximum Gasteiger partial charge on any atom is 0.167 e. The van der Waals surface area contributed by atoms with Gasteiger partial charge in [-0.25, -0.2) is 13.2 Å². The molecule has 3 heteroatoms. The summed E-state index contributed by atoms with van der Waals surface area (Å²) in [6.45, 7) is 2.08. The standard InChI is InChI=1S/C21H19F3/c1-2-7-15-8-5-9-16(14-15)17-10-3-4-13-21(17,24)18-11-6-12-19(22)20(18)23/h3-6,8-12,14H,2,7,13H2,1H3. The summed E-state index contributed by atoms with van der Waals surface area (Å²) in [6, 6.07) is 11.3. The Morgan fingerprint density at radius 1 is 1.08 bits per heavy atom. The van der Waals surface area contributed by atoms with E-state index in [2.05, 4.69) is 6.92 Å². The molecule has 0 fully saturated rings. The van der Waals surface area contributed by atoms with Crippen LogP contribution < -0.4 is 0 Å². The van der Waals surface area contributed by atoms with Gasteiger partial charge in [-0.3, -0.25) is 0 Å². The van der Waals surface area contributed by atoms with Crippen LogP contribution in [0.2, 0.25) is 0 Å². The monoisotopic (exact) mass is 328 g/mol. The molecule has 1 aliphatic rings. The van der Waals surface area contributed by atoms with Crippen LogP contribution in [-0.2, 0) is 12.1 Å². The Hall–Kier alpha value is -2.29. The summed E-state index contributed by atoms with van der Waals surface area (Å²) in [5.41, 5.74) is -0.151. The van der Waals surface area contributed by atoms with Gasteiger partial charge < -0.3 is 0 Å². The van der Waals surface area contributed by atoms with E-state index in [0.29, 0.717) is 11.1 Å². The highest BCUT2D eigenvalue weighted by molar-refractivity contribution is 5.77. The number of allylic oxidation sites excluding steroid dienone is 4. The Bertz CT molecular complexity index is 804. The van der Waals surface area contributed by atoms with Crippen LogP contribution in [-0.4, -0.2) is 0 Å². The average Bonchev–Trinajstić information content (AvgIpc) is 2.58. The lowest BCUT2D eigenvalue weighted by Crippen LogP contribution is -2.25. The molecular weight excluding hydrogens is 309 g/mol. The highest BCUT2D eigenvalue weighted by atomic mass is 19.2. The molecule has 24 heavy (non-hydrogen) atoms. The Balaban J connectivity index is 2.11. The Morgan fingerprint density at radius 3 is 2.67 bits per heavy atom. The lowest BCUT2D eigenvalue weighted by atomic mass is 9.78. The molecule has 124 valence electrons. The van der Waals surface area contributed by atoms with Crippen molar-refractivity contribution in [2.24, 2.45) is 0 Å². The van der Waals surface area contributed by atoms with Crippen LogP contribution in [0.25, 0.3) is 5.57 Å². The van der Waals surface area contributed by atoms with Crippen LogP contribution in [0.15, 0.2) is 60.7 Å². The minimum atomic E-state index is -2.08. The lowest BCUT2D eigenvalue weighted by molar-refractivity contribution is 0.239. The molecule has 0 nitrogen and oxygen atoms in total. The second-order valence-corrected chi connectivity index (χ2v) is 6.07.